The number of carbonyl (C=O) groups excluding carboxylic acids is 1. The van der Waals surface area contributed by atoms with Crippen LogP contribution >= 0.6 is 11.3 Å². The lowest BCUT2D eigenvalue weighted by Crippen LogP contribution is -2.27. The van der Waals surface area contributed by atoms with E-state index in [2.05, 4.69) is 10.3 Å². The zero-order valence-electron chi connectivity index (χ0n) is 12.7. The molecule has 0 saturated heterocycles. The van der Waals surface area contributed by atoms with Gasteiger partial charge in [-0.1, -0.05) is 6.07 Å². The van der Waals surface area contributed by atoms with E-state index < -0.39 is 0 Å². The van der Waals surface area contributed by atoms with Crippen molar-refractivity contribution in [3.8, 4) is 22.1 Å². The van der Waals surface area contributed by atoms with Gasteiger partial charge in [-0.05, 0) is 12.1 Å². The van der Waals surface area contributed by atoms with E-state index >= 15 is 0 Å². The van der Waals surface area contributed by atoms with Crippen LogP contribution in [0, 0.1) is 0 Å². The minimum Gasteiger partial charge on any atom is -0.493 e. The van der Waals surface area contributed by atoms with Gasteiger partial charge in [0.2, 0.25) is 0 Å². The number of methoxy groups -OCH3 is 3. The van der Waals surface area contributed by atoms with Crippen LogP contribution in [-0.2, 0) is 4.74 Å². The molecule has 0 atom stereocenters. The van der Waals surface area contributed by atoms with Gasteiger partial charge in [0.1, 0.15) is 10.7 Å². The van der Waals surface area contributed by atoms with Crippen LogP contribution in [0.5, 0.6) is 11.5 Å². The van der Waals surface area contributed by atoms with Crippen molar-refractivity contribution in [1.82, 2.24) is 10.3 Å². The van der Waals surface area contributed by atoms with Gasteiger partial charge in [0.15, 0.2) is 11.5 Å². The molecule has 2 aromatic rings. The molecule has 0 fully saturated rings. The van der Waals surface area contributed by atoms with Gasteiger partial charge in [0.05, 0.1) is 26.4 Å². The third-order valence-electron chi connectivity index (χ3n) is 2.96. The number of hydrogen-bond donors (Lipinski definition) is 1. The third kappa shape index (κ3) is 3.55. The normalized spacial score (nSPS) is 10.3. The Morgan fingerprint density at radius 1 is 1.27 bits per heavy atom. The lowest BCUT2D eigenvalue weighted by Gasteiger charge is -2.10. The van der Waals surface area contributed by atoms with Crippen LogP contribution in [0.1, 0.15) is 10.5 Å². The fraction of sp³-hybridized carbons (Fsp3) is 0.333. The summed E-state index contributed by atoms with van der Waals surface area (Å²) < 4.78 is 15.6. The molecule has 22 heavy (non-hydrogen) atoms. The molecular weight excluding hydrogens is 304 g/mol. The van der Waals surface area contributed by atoms with E-state index in [1.807, 2.05) is 18.2 Å². The first-order valence-electron chi connectivity index (χ1n) is 6.65. The maximum atomic E-state index is 12.0. The molecule has 1 aromatic carbocycles. The number of carbonyl (C=O) groups is 1. The molecule has 0 saturated carbocycles. The van der Waals surface area contributed by atoms with E-state index in [9.17, 15) is 4.79 Å². The van der Waals surface area contributed by atoms with Gasteiger partial charge in [-0.15, -0.1) is 11.3 Å². The van der Waals surface area contributed by atoms with Gasteiger partial charge < -0.3 is 19.5 Å². The van der Waals surface area contributed by atoms with Gasteiger partial charge in [-0.25, -0.2) is 4.98 Å². The Balaban J connectivity index is 2.23. The SMILES string of the molecule is COCCNC(=O)c1csc(-c2cccc(OC)c2OC)n1. The summed E-state index contributed by atoms with van der Waals surface area (Å²) in [6.07, 6.45) is 0. The number of nitrogens with one attached hydrogen (secondary N) is 1. The van der Waals surface area contributed by atoms with Crippen LogP contribution < -0.4 is 14.8 Å². The number of aromatic nitrogens is 1. The van der Waals surface area contributed by atoms with Gasteiger partial charge >= 0.3 is 0 Å². The third-order valence-corrected chi connectivity index (χ3v) is 3.84. The summed E-state index contributed by atoms with van der Waals surface area (Å²) in [5, 5.41) is 5.16. The van der Waals surface area contributed by atoms with Crippen LogP contribution in [-0.4, -0.2) is 45.4 Å². The van der Waals surface area contributed by atoms with Crippen LogP contribution in [0.15, 0.2) is 23.6 Å². The molecule has 1 aromatic heterocycles. The Labute approximate surface area is 133 Å². The molecule has 6 nitrogen and oxygen atoms in total. The molecule has 1 N–H and O–H groups in total. The van der Waals surface area contributed by atoms with E-state index in [0.29, 0.717) is 35.4 Å². The van der Waals surface area contributed by atoms with Crippen molar-refractivity contribution in [1.29, 1.82) is 0 Å². The van der Waals surface area contributed by atoms with Crippen LogP contribution in [0.4, 0.5) is 0 Å². The molecule has 0 aliphatic carbocycles. The molecular formula is C15H18N2O4S. The first-order valence-corrected chi connectivity index (χ1v) is 7.53. The second kappa shape index (κ2) is 7.77. The average Bonchev–Trinajstić information content (AvgIpc) is 3.04. The lowest BCUT2D eigenvalue weighted by atomic mass is 10.2. The van der Waals surface area contributed by atoms with E-state index in [0.717, 1.165) is 5.56 Å². The summed E-state index contributed by atoms with van der Waals surface area (Å²) >= 11 is 1.38. The second-order valence-corrected chi connectivity index (χ2v) is 5.19. The molecule has 0 spiro atoms. The van der Waals surface area contributed by atoms with Crippen LogP contribution in [0.3, 0.4) is 0 Å². The van der Waals surface area contributed by atoms with Crippen molar-refractivity contribution in [2.75, 3.05) is 34.5 Å². The van der Waals surface area contributed by atoms with Crippen molar-refractivity contribution >= 4 is 17.2 Å². The lowest BCUT2D eigenvalue weighted by molar-refractivity contribution is 0.0933. The van der Waals surface area contributed by atoms with Crippen molar-refractivity contribution in [3.63, 3.8) is 0 Å². The molecule has 1 amide bonds. The molecule has 7 heteroatoms. The predicted octanol–water partition coefficient (Wildman–Crippen LogP) is 2.20. The predicted molar refractivity (Wildman–Crippen MR) is 84.9 cm³/mol. The smallest absolute Gasteiger partial charge is 0.270 e. The Morgan fingerprint density at radius 2 is 2.09 bits per heavy atom. The highest BCUT2D eigenvalue weighted by Crippen LogP contribution is 2.38. The Hall–Kier alpha value is -2.12. The van der Waals surface area contributed by atoms with E-state index in [1.54, 1.807) is 26.7 Å². The summed E-state index contributed by atoms with van der Waals surface area (Å²) in [7, 11) is 4.74. The second-order valence-electron chi connectivity index (χ2n) is 4.33. The highest BCUT2D eigenvalue weighted by atomic mass is 32.1. The van der Waals surface area contributed by atoms with Crippen molar-refractivity contribution in [3.05, 3.63) is 29.3 Å². The summed E-state index contributed by atoms with van der Waals surface area (Å²) in [5.41, 5.74) is 1.17. The monoisotopic (exact) mass is 322 g/mol. The van der Waals surface area contributed by atoms with E-state index in [-0.39, 0.29) is 5.91 Å². The summed E-state index contributed by atoms with van der Waals surface area (Å²) in [5.74, 6) is 1.01. The first kappa shape index (κ1) is 16.3. The molecule has 0 bridgehead atoms. The number of ether oxygens (including phenoxy) is 3. The summed E-state index contributed by atoms with van der Waals surface area (Å²) in [6.45, 7) is 0.914. The maximum absolute atomic E-state index is 12.0. The molecule has 0 aliphatic heterocycles. The molecule has 0 aliphatic rings. The van der Waals surface area contributed by atoms with Gasteiger partial charge in [-0.2, -0.15) is 0 Å². The first-order chi connectivity index (χ1) is 10.7. The van der Waals surface area contributed by atoms with Gasteiger partial charge in [0.25, 0.3) is 5.91 Å². The molecule has 118 valence electrons. The van der Waals surface area contributed by atoms with Gasteiger partial charge in [-0.3, -0.25) is 4.79 Å². The number of rotatable bonds is 7. The number of nitrogens with zero attached hydrogens (tertiary/aromatic N) is 1. The van der Waals surface area contributed by atoms with Crippen LogP contribution in [0.25, 0.3) is 10.6 Å². The fourth-order valence-electron chi connectivity index (χ4n) is 1.91. The number of amides is 1. The largest absolute Gasteiger partial charge is 0.493 e. The highest BCUT2D eigenvalue weighted by Gasteiger charge is 2.16. The number of benzene rings is 1. The zero-order chi connectivity index (χ0) is 15.9. The zero-order valence-corrected chi connectivity index (χ0v) is 13.5. The maximum Gasteiger partial charge on any atom is 0.270 e. The van der Waals surface area contributed by atoms with E-state index in [1.165, 1.54) is 11.3 Å². The number of hydrogen-bond acceptors (Lipinski definition) is 6. The average molecular weight is 322 g/mol. The number of para-hydroxylation sites is 1. The quantitative estimate of drug-likeness (QED) is 0.792. The molecule has 0 radical (unpaired) electrons. The topological polar surface area (TPSA) is 69.7 Å². The Morgan fingerprint density at radius 3 is 2.77 bits per heavy atom. The molecule has 2 rings (SSSR count). The summed E-state index contributed by atoms with van der Waals surface area (Å²) in [6, 6.07) is 5.55. The van der Waals surface area contributed by atoms with Crippen molar-refractivity contribution in [2.45, 2.75) is 0 Å². The molecule has 0 unspecified atom stereocenters. The van der Waals surface area contributed by atoms with Gasteiger partial charge in [0, 0.05) is 19.0 Å². The molecule has 1 heterocycles. The van der Waals surface area contributed by atoms with Crippen molar-refractivity contribution in [2.24, 2.45) is 0 Å². The van der Waals surface area contributed by atoms with Crippen molar-refractivity contribution < 1.29 is 19.0 Å². The minimum absolute atomic E-state index is 0.221. The van der Waals surface area contributed by atoms with Crippen LogP contribution in [0.2, 0.25) is 0 Å². The van der Waals surface area contributed by atoms with E-state index in [4.69, 9.17) is 14.2 Å². The minimum atomic E-state index is -0.221. The standard InChI is InChI=1S/C15H18N2O4S/c1-19-8-7-16-14(18)11-9-22-15(17-11)10-5-4-6-12(20-2)13(10)21-3/h4-6,9H,7-8H2,1-3H3,(H,16,18). The Kier molecular flexibility index (Phi) is 5.74. The Bertz CT molecular complexity index is 642. The fourth-order valence-corrected chi connectivity index (χ4v) is 2.74. The number of thiazole rings is 1. The summed E-state index contributed by atoms with van der Waals surface area (Å²) in [4.78, 5) is 16.3. The highest BCUT2D eigenvalue weighted by molar-refractivity contribution is 7.13.